The lowest BCUT2D eigenvalue weighted by atomic mass is 9.93. The van der Waals surface area contributed by atoms with Crippen LogP contribution in [0, 0.1) is 0 Å². The highest BCUT2D eigenvalue weighted by Gasteiger charge is 2.28. The van der Waals surface area contributed by atoms with Crippen molar-refractivity contribution >= 4 is 0 Å². The first-order valence-electron chi connectivity index (χ1n) is 4.55. The second kappa shape index (κ2) is 4.07. The molecule has 0 aromatic heterocycles. The molecule has 0 unspecified atom stereocenters. The molecule has 0 radical (unpaired) electrons. The average molecular weight is 157 g/mol. The molecule has 0 bridgehead atoms. The predicted molar refractivity (Wildman–Crippen MR) is 46.5 cm³/mol. The van der Waals surface area contributed by atoms with E-state index in [4.69, 9.17) is 10.5 Å². The first-order chi connectivity index (χ1) is 5.27. The van der Waals surface area contributed by atoms with Crippen molar-refractivity contribution in [1.29, 1.82) is 0 Å². The van der Waals surface area contributed by atoms with Gasteiger partial charge in [0.1, 0.15) is 0 Å². The molecule has 11 heavy (non-hydrogen) atoms. The van der Waals surface area contributed by atoms with Crippen molar-refractivity contribution in [2.45, 2.75) is 44.1 Å². The second-order valence-corrected chi connectivity index (χ2v) is 3.67. The maximum atomic E-state index is 6.14. The van der Waals surface area contributed by atoms with Gasteiger partial charge in [-0.05, 0) is 25.7 Å². The van der Waals surface area contributed by atoms with Crippen LogP contribution >= 0.6 is 0 Å². The van der Waals surface area contributed by atoms with Gasteiger partial charge in [-0.15, -0.1) is 0 Å². The molecular formula is C9H19NO. The molecule has 1 aliphatic rings. The first-order valence-corrected chi connectivity index (χ1v) is 4.55. The predicted octanol–water partition coefficient (Wildman–Crippen LogP) is 1.68. The minimum Gasteiger partial charge on any atom is -0.385 e. The van der Waals surface area contributed by atoms with Gasteiger partial charge in [-0.1, -0.05) is 12.8 Å². The van der Waals surface area contributed by atoms with Gasteiger partial charge < -0.3 is 10.5 Å². The van der Waals surface area contributed by atoms with Crippen molar-refractivity contribution in [2.75, 3.05) is 13.7 Å². The van der Waals surface area contributed by atoms with E-state index in [1.54, 1.807) is 7.11 Å². The van der Waals surface area contributed by atoms with Gasteiger partial charge in [0.2, 0.25) is 0 Å². The van der Waals surface area contributed by atoms with Gasteiger partial charge in [-0.2, -0.15) is 0 Å². The third-order valence-electron chi connectivity index (χ3n) is 2.62. The van der Waals surface area contributed by atoms with Gasteiger partial charge >= 0.3 is 0 Å². The highest BCUT2D eigenvalue weighted by Crippen LogP contribution is 2.30. The molecule has 1 saturated carbocycles. The van der Waals surface area contributed by atoms with E-state index < -0.39 is 0 Å². The van der Waals surface area contributed by atoms with Crippen molar-refractivity contribution in [3.63, 3.8) is 0 Å². The fourth-order valence-electron chi connectivity index (χ4n) is 1.90. The molecule has 0 heterocycles. The Morgan fingerprint density at radius 3 is 2.55 bits per heavy atom. The number of rotatable bonds is 4. The van der Waals surface area contributed by atoms with Crippen molar-refractivity contribution < 1.29 is 4.74 Å². The Bertz CT molecular complexity index is 108. The SMILES string of the molecule is COCCCC1(N)CCCC1. The molecule has 66 valence electrons. The smallest absolute Gasteiger partial charge is 0.0462 e. The van der Waals surface area contributed by atoms with Crippen molar-refractivity contribution in [1.82, 2.24) is 0 Å². The van der Waals surface area contributed by atoms with Gasteiger partial charge in [-0.3, -0.25) is 0 Å². The van der Waals surface area contributed by atoms with E-state index in [0.29, 0.717) is 0 Å². The Hall–Kier alpha value is -0.0800. The number of hydrogen-bond donors (Lipinski definition) is 1. The van der Waals surface area contributed by atoms with E-state index in [1.165, 1.54) is 25.7 Å². The van der Waals surface area contributed by atoms with Crippen molar-refractivity contribution in [3.05, 3.63) is 0 Å². The van der Waals surface area contributed by atoms with Crippen LogP contribution in [0.15, 0.2) is 0 Å². The van der Waals surface area contributed by atoms with E-state index >= 15 is 0 Å². The first kappa shape index (κ1) is 9.01. The lowest BCUT2D eigenvalue weighted by molar-refractivity contribution is 0.183. The highest BCUT2D eigenvalue weighted by molar-refractivity contribution is 4.88. The minimum atomic E-state index is 0.165. The van der Waals surface area contributed by atoms with E-state index in [2.05, 4.69) is 0 Å². The van der Waals surface area contributed by atoms with E-state index in [1.807, 2.05) is 0 Å². The zero-order valence-electron chi connectivity index (χ0n) is 7.44. The Morgan fingerprint density at radius 1 is 1.36 bits per heavy atom. The van der Waals surface area contributed by atoms with Crippen LogP contribution in [0.5, 0.6) is 0 Å². The molecule has 2 nitrogen and oxygen atoms in total. The van der Waals surface area contributed by atoms with Crippen molar-refractivity contribution in [3.8, 4) is 0 Å². The zero-order chi connectivity index (χ0) is 8.16. The summed E-state index contributed by atoms with van der Waals surface area (Å²) in [5, 5.41) is 0. The van der Waals surface area contributed by atoms with Gasteiger partial charge in [0, 0.05) is 19.3 Å². The van der Waals surface area contributed by atoms with Gasteiger partial charge in [0.25, 0.3) is 0 Å². The Kier molecular flexibility index (Phi) is 3.34. The summed E-state index contributed by atoms with van der Waals surface area (Å²) < 4.78 is 4.99. The van der Waals surface area contributed by atoms with Crippen LogP contribution in [-0.4, -0.2) is 19.3 Å². The van der Waals surface area contributed by atoms with Gasteiger partial charge in [0.05, 0.1) is 0 Å². The van der Waals surface area contributed by atoms with E-state index in [9.17, 15) is 0 Å². The third-order valence-corrected chi connectivity index (χ3v) is 2.62. The van der Waals surface area contributed by atoms with Crippen LogP contribution in [0.1, 0.15) is 38.5 Å². The molecule has 1 rings (SSSR count). The topological polar surface area (TPSA) is 35.2 Å². The summed E-state index contributed by atoms with van der Waals surface area (Å²) in [4.78, 5) is 0. The molecule has 0 saturated heterocycles. The third kappa shape index (κ3) is 2.80. The average Bonchev–Trinajstić information content (AvgIpc) is 2.38. The Morgan fingerprint density at radius 2 is 2.00 bits per heavy atom. The van der Waals surface area contributed by atoms with Gasteiger partial charge in [-0.25, -0.2) is 0 Å². The quantitative estimate of drug-likeness (QED) is 0.630. The maximum absolute atomic E-state index is 6.14. The fraction of sp³-hybridized carbons (Fsp3) is 1.00. The largest absolute Gasteiger partial charge is 0.385 e. The Balaban J connectivity index is 2.13. The molecule has 0 spiro atoms. The fourth-order valence-corrected chi connectivity index (χ4v) is 1.90. The van der Waals surface area contributed by atoms with Gasteiger partial charge in [0.15, 0.2) is 0 Å². The monoisotopic (exact) mass is 157 g/mol. The molecule has 2 N–H and O–H groups in total. The molecule has 1 fully saturated rings. The normalized spacial score (nSPS) is 22.4. The Labute approximate surface area is 69.1 Å². The van der Waals surface area contributed by atoms with Crippen LogP contribution < -0.4 is 5.73 Å². The molecular weight excluding hydrogens is 138 g/mol. The molecule has 1 aliphatic carbocycles. The molecule has 0 aliphatic heterocycles. The minimum absolute atomic E-state index is 0.165. The summed E-state index contributed by atoms with van der Waals surface area (Å²) in [6.45, 7) is 0.860. The summed E-state index contributed by atoms with van der Waals surface area (Å²) in [5.41, 5.74) is 6.31. The summed E-state index contributed by atoms with van der Waals surface area (Å²) in [5.74, 6) is 0. The zero-order valence-corrected chi connectivity index (χ0v) is 7.44. The molecule has 2 heteroatoms. The summed E-state index contributed by atoms with van der Waals surface area (Å²) >= 11 is 0. The summed E-state index contributed by atoms with van der Waals surface area (Å²) in [7, 11) is 1.75. The van der Waals surface area contributed by atoms with Crippen LogP contribution in [0.25, 0.3) is 0 Å². The van der Waals surface area contributed by atoms with E-state index in [0.717, 1.165) is 19.4 Å². The summed E-state index contributed by atoms with van der Waals surface area (Å²) in [6.07, 6.45) is 7.34. The highest BCUT2D eigenvalue weighted by atomic mass is 16.5. The number of hydrogen-bond acceptors (Lipinski definition) is 2. The number of ether oxygens (including phenoxy) is 1. The van der Waals surface area contributed by atoms with Crippen LogP contribution in [0.2, 0.25) is 0 Å². The van der Waals surface area contributed by atoms with E-state index in [-0.39, 0.29) is 5.54 Å². The number of nitrogens with two attached hydrogens (primary N) is 1. The molecule has 0 aromatic rings. The maximum Gasteiger partial charge on any atom is 0.0462 e. The van der Waals surface area contributed by atoms with Crippen molar-refractivity contribution in [2.24, 2.45) is 5.73 Å². The lowest BCUT2D eigenvalue weighted by Crippen LogP contribution is -2.36. The number of methoxy groups -OCH3 is 1. The summed E-state index contributed by atoms with van der Waals surface area (Å²) in [6, 6.07) is 0. The van der Waals surface area contributed by atoms with Crippen LogP contribution in [0.4, 0.5) is 0 Å². The molecule has 0 aromatic carbocycles. The lowest BCUT2D eigenvalue weighted by Gasteiger charge is -2.22. The standard InChI is InChI=1S/C9H19NO/c1-11-8-4-7-9(10)5-2-3-6-9/h2-8,10H2,1H3. The second-order valence-electron chi connectivity index (χ2n) is 3.67. The molecule has 0 atom stereocenters. The molecule has 0 amide bonds. The van der Waals surface area contributed by atoms with Crippen LogP contribution in [0.3, 0.4) is 0 Å². The van der Waals surface area contributed by atoms with Crippen LogP contribution in [-0.2, 0) is 4.74 Å².